The molecule has 0 radical (unpaired) electrons. The number of aryl methyl sites for hydroxylation is 2. The van der Waals surface area contributed by atoms with Crippen LogP contribution in [0.3, 0.4) is 0 Å². The summed E-state index contributed by atoms with van der Waals surface area (Å²) >= 11 is 0. The highest BCUT2D eigenvalue weighted by atomic mass is 15.2. The molecule has 2 rings (SSSR count). The Morgan fingerprint density at radius 3 is 2.71 bits per heavy atom. The van der Waals surface area contributed by atoms with Crippen LogP contribution in [-0.2, 0) is 0 Å². The number of amidine groups is 1. The van der Waals surface area contributed by atoms with Crippen LogP contribution in [0.2, 0.25) is 0 Å². The topological polar surface area (TPSA) is 27.1 Å². The molecule has 0 spiro atoms. The van der Waals surface area contributed by atoms with Crippen LogP contribution in [0.1, 0.15) is 24.0 Å². The SMILES string of the molecule is Cc1ccc(C)c(N2CCCC2=N)c1. The van der Waals surface area contributed by atoms with Gasteiger partial charge in [0.05, 0.1) is 0 Å². The molecule has 1 aliphatic rings. The van der Waals surface area contributed by atoms with Crippen molar-refractivity contribution in [3.63, 3.8) is 0 Å². The lowest BCUT2D eigenvalue weighted by molar-refractivity contribution is 0.953. The summed E-state index contributed by atoms with van der Waals surface area (Å²) in [5.74, 6) is 0.763. The third-order valence-electron chi connectivity index (χ3n) is 2.78. The van der Waals surface area contributed by atoms with Gasteiger partial charge in [-0.25, -0.2) is 0 Å². The molecule has 1 heterocycles. The maximum absolute atomic E-state index is 7.84. The monoisotopic (exact) mass is 188 g/mol. The highest BCUT2D eigenvalue weighted by Crippen LogP contribution is 2.25. The quantitative estimate of drug-likeness (QED) is 0.720. The number of nitrogens with zero attached hydrogens (tertiary/aromatic N) is 1. The first-order valence-corrected chi connectivity index (χ1v) is 5.11. The first-order valence-electron chi connectivity index (χ1n) is 5.11. The van der Waals surface area contributed by atoms with Gasteiger partial charge in [-0.05, 0) is 37.5 Å². The smallest absolute Gasteiger partial charge is 0.100 e. The van der Waals surface area contributed by atoms with Crippen molar-refractivity contribution in [2.75, 3.05) is 11.4 Å². The van der Waals surface area contributed by atoms with E-state index in [4.69, 9.17) is 5.41 Å². The van der Waals surface area contributed by atoms with E-state index in [1.54, 1.807) is 0 Å². The van der Waals surface area contributed by atoms with Gasteiger partial charge in [0.2, 0.25) is 0 Å². The van der Waals surface area contributed by atoms with Crippen LogP contribution in [0, 0.1) is 19.3 Å². The standard InChI is InChI=1S/C12H16N2/c1-9-5-6-10(2)11(8-9)14-7-3-4-12(14)13/h5-6,8,13H,3-4,7H2,1-2H3. The van der Waals surface area contributed by atoms with E-state index in [9.17, 15) is 0 Å². The lowest BCUT2D eigenvalue weighted by Gasteiger charge is -2.20. The van der Waals surface area contributed by atoms with Crippen LogP contribution >= 0.6 is 0 Å². The number of hydrogen-bond donors (Lipinski definition) is 1. The Labute approximate surface area is 85.1 Å². The van der Waals surface area contributed by atoms with Crippen LogP contribution in [0.15, 0.2) is 18.2 Å². The second-order valence-electron chi connectivity index (χ2n) is 3.99. The van der Waals surface area contributed by atoms with Crippen molar-refractivity contribution in [3.05, 3.63) is 29.3 Å². The Kier molecular flexibility index (Phi) is 2.28. The van der Waals surface area contributed by atoms with Gasteiger partial charge in [0.25, 0.3) is 0 Å². The van der Waals surface area contributed by atoms with Crippen molar-refractivity contribution in [1.82, 2.24) is 0 Å². The summed E-state index contributed by atoms with van der Waals surface area (Å²) in [5, 5.41) is 7.84. The zero-order valence-corrected chi connectivity index (χ0v) is 8.80. The largest absolute Gasteiger partial charge is 0.330 e. The van der Waals surface area contributed by atoms with Gasteiger partial charge >= 0.3 is 0 Å². The Morgan fingerprint density at radius 1 is 1.29 bits per heavy atom. The Hall–Kier alpha value is -1.31. The highest BCUT2D eigenvalue weighted by molar-refractivity contribution is 5.98. The molecule has 0 aliphatic carbocycles. The normalized spacial score (nSPS) is 16.4. The van der Waals surface area contributed by atoms with Gasteiger partial charge in [0, 0.05) is 18.7 Å². The zero-order valence-electron chi connectivity index (χ0n) is 8.80. The number of anilines is 1. The predicted molar refractivity (Wildman–Crippen MR) is 60.2 cm³/mol. The summed E-state index contributed by atoms with van der Waals surface area (Å²) in [6.07, 6.45) is 2.04. The number of rotatable bonds is 1. The molecule has 1 N–H and O–H groups in total. The van der Waals surface area contributed by atoms with Crippen molar-refractivity contribution in [3.8, 4) is 0 Å². The summed E-state index contributed by atoms with van der Waals surface area (Å²) in [6, 6.07) is 6.43. The van der Waals surface area contributed by atoms with Crippen molar-refractivity contribution in [2.24, 2.45) is 0 Å². The van der Waals surface area contributed by atoms with E-state index in [0.29, 0.717) is 0 Å². The maximum Gasteiger partial charge on any atom is 0.100 e. The molecule has 2 nitrogen and oxygen atoms in total. The Bertz CT molecular complexity index is 369. The minimum atomic E-state index is 0.763. The minimum absolute atomic E-state index is 0.763. The molecule has 74 valence electrons. The first kappa shape index (κ1) is 9.25. The maximum atomic E-state index is 7.84. The number of benzene rings is 1. The molecule has 0 atom stereocenters. The minimum Gasteiger partial charge on any atom is -0.330 e. The van der Waals surface area contributed by atoms with Crippen LogP contribution in [-0.4, -0.2) is 12.4 Å². The molecule has 0 bridgehead atoms. The van der Waals surface area contributed by atoms with Crippen molar-refractivity contribution >= 4 is 11.5 Å². The Balaban J connectivity index is 2.39. The van der Waals surface area contributed by atoms with Gasteiger partial charge in [0.1, 0.15) is 5.84 Å². The van der Waals surface area contributed by atoms with E-state index in [1.165, 1.54) is 16.8 Å². The zero-order chi connectivity index (χ0) is 10.1. The molecule has 2 heteroatoms. The van der Waals surface area contributed by atoms with Crippen LogP contribution in [0.4, 0.5) is 5.69 Å². The molecular weight excluding hydrogens is 172 g/mol. The molecule has 0 saturated carbocycles. The molecular formula is C12H16N2. The van der Waals surface area contributed by atoms with Gasteiger partial charge in [-0.3, -0.25) is 5.41 Å². The first-order chi connectivity index (χ1) is 6.68. The van der Waals surface area contributed by atoms with Crippen molar-refractivity contribution in [2.45, 2.75) is 26.7 Å². The summed E-state index contributed by atoms with van der Waals surface area (Å²) in [5.41, 5.74) is 3.75. The van der Waals surface area contributed by atoms with E-state index >= 15 is 0 Å². The van der Waals surface area contributed by atoms with Gasteiger partial charge in [-0.1, -0.05) is 12.1 Å². The predicted octanol–water partition coefficient (Wildman–Crippen LogP) is 2.88. The molecule has 0 amide bonds. The molecule has 0 aromatic heterocycles. The van der Waals surface area contributed by atoms with E-state index < -0.39 is 0 Å². The fourth-order valence-electron chi connectivity index (χ4n) is 1.95. The fourth-order valence-corrected chi connectivity index (χ4v) is 1.95. The number of nitrogens with one attached hydrogen (secondary N) is 1. The third kappa shape index (κ3) is 1.52. The van der Waals surface area contributed by atoms with Gasteiger partial charge < -0.3 is 4.90 Å². The van der Waals surface area contributed by atoms with E-state index in [0.717, 1.165) is 25.2 Å². The van der Waals surface area contributed by atoms with Crippen LogP contribution in [0.5, 0.6) is 0 Å². The molecule has 14 heavy (non-hydrogen) atoms. The molecule has 1 saturated heterocycles. The molecule has 1 aromatic rings. The van der Waals surface area contributed by atoms with Crippen LogP contribution < -0.4 is 4.90 Å². The summed E-state index contributed by atoms with van der Waals surface area (Å²) < 4.78 is 0. The van der Waals surface area contributed by atoms with Crippen molar-refractivity contribution in [1.29, 1.82) is 5.41 Å². The lowest BCUT2D eigenvalue weighted by atomic mass is 10.1. The molecule has 1 aromatic carbocycles. The van der Waals surface area contributed by atoms with E-state index in [-0.39, 0.29) is 0 Å². The van der Waals surface area contributed by atoms with Gasteiger partial charge in [-0.15, -0.1) is 0 Å². The lowest BCUT2D eigenvalue weighted by Crippen LogP contribution is -2.23. The van der Waals surface area contributed by atoms with Crippen LogP contribution in [0.25, 0.3) is 0 Å². The third-order valence-corrected chi connectivity index (χ3v) is 2.78. The van der Waals surface area contributed by atoms with Gasteiger partial charge in [0.15, 0.2) is 0 Å². The van der Waals surface area contributed by atoms with E-state index in [1.807, 2.05) is 0 Å². The molecule has 0 unspecified atom stereocenters. The second kappa shape index (κ2) is 3.45. The fraction of sp³-hybridized carbons (Fsp3) is 0.417. The summed E-state index contributed by atoms with van der Waals surface area (Å²) in [6.45, 7) is 5.21. The Morgan fingerprint density at radius 2 is 2.07 bits per heavy atom. The molecule has 1 fully saturated rings. The average molecular weight is 188 g/mol. The van der Waals surface area contributed by atoms with Gasteiger partial charge in [-0.2, -0.15) is 0 Å². The second-order valence-corrected chi connectivity index (χ2v) is 3.99. The number of hydrogen-bond acceptors (Lipinski definition) is 1. The van der Waals surface area contributed by atoms with E-state index in [2.05, 4.69) is 36.9 Å². The molecule has 1 aliphatic heterocycles. The highest BCUT2D eigenvalue weighted by Gasteiger charge is 2.19. The van der Waals surface area contributed by atoms with Crippen molar-refractivity contribution < 1.29 is 0 Å². The summed E-state index contributed by atoms with van der Waals surface area (Å²) in [7, 11) is 0. The summed E-state index contributed by atoms with van der Waals surface area (Å²) in [4.78, 5) is 2.13. The average Bonchev–Trinajstić information content (AvgIpc) is 2.56.